The molecular formula is C17H28N2S. The maximum Gasteiger partial charge on any atom is 0.0304 e. The van der Waals surface area contributed by atoms with E-state index in [0.29, 0.717) is 6.04 Å². The number of nitrogens with one attached hydrogen (secondary N) is 1. The molecule has 0 spiro atoms. The van der Waals surface area contributed by atoms with Crippen LogP contribution in [-0.4, -0.2) is 11.8 Å². The first-order valence-corrected chi connectivity index (χ1v) is 8.92. The predicted molar refractivity (Wildman–Crippen MR) is 88.8 cm³/mol. The van der Waals surface area contributed by atoms with Crippen LogP contribution in [0.4, 0.5) is 0 Å². The zero-order chi connectivity index (χ0) is 14.2. The first kappa shape index (κ1) is 15.9. The van der Waals surface area contributed by atoms with Gasteiger partial charge in [-0.05, 0) is 37.3 Å². The van der Waals surface area contributed by atoms with Crippen molar-refractivity contribution in [3.05, 3.63) is 29.8 Å². The molecule has 0 saturated heterocycles. The molecule has 0 aliphatic heterocycles. The third kappa shape index (κ3) is 5.12. The molecule has 1 saturated carbocycles. The van der Waals surface area contributed by atoms with Gasteiger partial charge in [0.1, 0.15) is 0 Å². The third-order valence-electron chi connectivity index (χ3n) is 4.42. The van der Waals surface area contributed by atoms with E-state index in [4.69, 9.17) is 5.84 Å². The summed E-state index contributed by atoms with van der Waals surface area (Å²) in [7, 11) is 0. The summed E-state index contributed by atoms with van der Waals surface area (Å²) in [6, 6.07) is 9.02. The summed E-state index contributed by atoms with van der Waals surface area (Å²) in [5.41, 5.74) is 4.37. The van der Waals surface area contributed by atoms with Gasteiger partial charge in [0.15, 0.2) is 0 Å². The first-order chi connectivity index (χ1) is 9.79. The third-order valence-corrected chi connectivity index (χ3v) is 5.76. The van der Waals surface area contributed by atoms with E-state index in [2.05, 4.69) is 36.6 Å². The monoisotopic (exact) mass is 292 g/mol. The number of nitrogens with two attached hydrogens (primary N) is 1. The molecule has 1 aromatic carbocycles. The fraction of sp³-hybridized carbons (Fsp3) is 0.647. The molecule has 1 aliphatic carbocycles. The maximum atomic E-state index is 5.73. The Morgan fingerprint density at radius 3 is 2.70 bits per heavy atom. The predicted octanol–water partition coefficient (Wildman–Crippen LogP) is 4.28. The van der Waals surface area contributed by atoms with Crippen LogP contribution in [-0.2, 0) is 0 Å². The fourth-order valence-electron chi connectivity index (χ4n) is 3.04. The van der Waals surface area contributed by atoms with E-state index in [1.165, 1.54) is 55.4 Å². The molecule has 3 heteroatoms. The van der Waals surface area contributed by atoms with E-state index in [0.717, 1.165) is 11.7 Å². The molecule has 1 aromatic rings. The van der Waals surface area contributed by atoms with Gasteiger partial charge < -0.3 is 0 Å². The van der Waals surface area contributed by atoms with Crippen LogP contribution in [0.5, 0.6) is 0 Å². The largest absolute Gasteiger partial charge is 0.271 e. The SMILES string of the molecule is Cc1ccccc1SCC(CCC1CCCCC1)NN. The van der Waals surface area contributed by atoms with Crippen molar-refractivity contribution in [1.29, 1.82) is 0 Å². The molecule has 112 valence electrons. The van der Waals surface area contributed by atoms with Crippen molar-refractivity contribution in [1.82, 2.24) is 5.43 Å². The molecule has 2 nitrogen and oxygen atoms in total. The number of hydrazine groups is 1. The molecule has 1 unspecified atom stereocenters. The van der Waals surface area contributed by atoms with Gasteiger partial charge in [0.25, 0.3) is 0 Å². The quantitative estimate of drug-likeness (QED) is 0.447. The van der Waals surface area contributed by atoms with Crippen molar-refractivity contribution in [2.45, 2.75) is 62.8 Å². The first-order valence-electron chi connectivity index (χ1n) is 7.94. The summed E-state index contributed by atoms with van der Waals surface area (Å²) in [5.74, 6) is 7.74. The molecule has 2 rings (SSSR count). The second kappa shape index (κ2) is 8.71. The van der Waals surface area contributed by atoms with Gasteiger partial charge in [-0.2, -0.15) is 0 Å². The van der Waals surface area contributed by atoms with Gasteiger partial charge in [-0.3, -0.25) is 11.3 Å². The van der Waals surface area contributed by atoms with Crippen LogP contribution in [0.2, 0.25) is 0 Å². The molecule has 0 aromatic heterocycles. The van der Waals surface area contributed by atoms with Gasteiger partial charge in [-0.25, -0.2) is 0 Å². The van der Waals surface area contributed by atoms with Crippen molar-refractivity contribution >= 4 is 11.8 Å². The average molecular weight is 292 g/mol. The van der Waals surface area contributed by atoms with Crippen LogP contribution < -0.4 is 11.3 Å². The number of hydrogen-bond donors (Lipinski definition) is 2. The molecule has 0 bridgehead atoms. The van der Waals surface area contributed by atoms with Crippen LogP contribution in [0.25, 0.3) is 0 Å². The minimum absolute atomic E-state index is 0.432. The zero-order valence-electron chi connectivity index (χ0n) is 12.6. The van der Waals surface area contributed by atoms with E-state index in [-0.39, 0.29) is 0 Å². The molecule has 0 radical (unpaired) electrons. The Morgan fingerprint density at radius 1 is 1.25 bits per heavy atom. The van der Waals surface area contributed by atoms with Crippen molar-refractivity contribution in [3.8, 4) is 0 Å². The summed E-state index contributed by atoms with van der Waals surface area (Å²) in [4.78, 5) is 1.38. The highest BCUT2D eigenvalue weighted by molar-refractivity contribution is 7.99. The van der Waals surface area contributed by atoms with Crippen LogP contribution in [0.3, 0.4) is 0 Å². The lowest BCUT2D eigenvalue weighted by molar-refractivity contribution is 0.318. The van der Waals surface area contributed by atoms with Crippen LogP contribution in [0.15, 0.2) is 29.2 Å². The molecule has 0 amide bonds. The highest BCUT2D eigenvalue weighted by atomic mass is 32.2. The van der Waals surface area contributed by atoms with Crippen LogP contribution in [0.1, 0.15) is 50.5 Å². The number of rotatable bonds is 7. The molecule has 1 fully saturated rings. The molecule has 1 aliphatic rings. The summed E-state index contributed by atoms with van der Waals surface area (Å²) < 4.78 is 0. The van der Waals surface area contributed by atoms with E-state index in [1.807, 2.05) is 11.8 Å². The Morgan fingerprint density at radius 2 is 2.00 bits per heavy atom. The van der Waals surface area contributed by atoms with Crippen LogP contribution >= 0.6 is 11.8 Å². The standard InChI is InChI=1S/C17H28N2S/c1-14-7-5-6-10-17(14)20-13-16(19-18)12-11-15-8-3-2-4-9-15/h5-7,10,15-16,19H,2-4,8-9,11-13,18H2,1H3. The summed E-state index contributed by atoms with van der Waals surface area (Å²) in [6.45, 7) is 2.18. The number of benzene rings is 1. The Hall–Kier alpha value is -0.510. The summed E-state index contributed by atoms with van der Waals surface area (Å²) >= 11 is 1.92. The molecular weight excluding hydrogens is 264 g/mol. The van der Waals surface area contributed by atoms with E-state index >= 15 is 0 Å². The Bertz CT molecular complexity index is 388. The number of aryl methyl sites for hydroxylation is 1. The van der Waals surface area contributed by atoms with Crippen LogP contribution in [0, 0.1) is 12.8 Å². The highest BCUT2D eigenvalue weighted by Gasteiger charge is 2.16. The molecule has 0 heterocycles. The number of thioether (sulfide) groups is 1. The molecule has 1 atom stereocenters. The molecule has 3 N–H and O–H groups in total. The lowest BCUT2D eigenvalue weighted by Crippen LogP contribution is -2.37. The van der Waals surface area contributed by atoms with Gasteiger partial charge in [0.2, 0.25) is 0 Å². The van der Waals surface area contributed by atoms with Crippen molar-refractivity contribution in [3.63, 3.8) is 0 Å². The fourth-order valence-corrected chi connectivity index (χ4v) is 4.15. The van der Waals surface area contributed by atoms with Gasteiger partial charge >= 0.3 is 0 Å². The summed E-state index contributed by atoms with van der Waals surface area (Å²) in [5, 5.41) is 0. The van der Waals surface area contributed by atoms with Crippen molar-refractivity contribution in [2.75, 3.05) is 5.75 Å². The lowest BCUT2D eigenvalue weighted by atomic mass is 9.85. The van der Waals surface area contributed by atoms with Gasteiger partial charge in [-0.1, -0.05) is 50.3 Å². The Labute approximate surface area is 127 Å². The van der Waals surface area contributed by atoms with E-state index < -0.39 is 0 Å². The van der Waals surface area contributed by atoms with E-state index in [9.17, 15) is 0 Å². The second-order valence-corrected chi connectivity index (χ2v) is 7.08. The van der Waals surface area contributed by atoms with Gasteiger partial charge in [-0.15, -0.1) is 11.8 Å². The molecule has 20 heavy (non-hydrogen) atoms. The highest BCUT2D eigenvalue weighted by Crippen LogP contribution is 2.29. The van der Waals surface area contributed by atoms with Gasteiger partial charge in [0.05, 0.1) is 0 Å². The maximum absolute atomic E-state index is 5.73. The minimum Gasteiger partial charge on any atom is -0.271 e. The minimum atomic E-state index is 0.432. The average Bonchev–Trinajstić information content (AvgIpc) is 2.50. The second-order valence-electron chi connectivity index (χ2n) is 6.02. The van der Waals surface area contributed by atoms with Crippen molar-refractivity contribution in [2.24, 2.45) is 11.8 Å². The smallest absolute Gasteiger partial charge is 0.0304 e. The van der Waals surface area contributed by atoms with Gasteiger partial charge in [0, 0.05) is 16.7 Å². The topological polar surface area (TPSA) is 38.0 Å². The Balaban J connectivity index is 1.73. The van der Waals surface area contributed by atoms with E-state index in [1.54, 1.807) is 0 Å². The lowest BCUT2D eigenvalue weighted by Gasteiger charge is -2.24. The summed E-state index contributed by atoms with van der Waals surface area (Å²) in [6.07, 6.45) is 9.72. The normalized spacial score (nSPS) is 18.1. The Kier molecular flexibility index (Phi) is 6.91. The zero-order valence-corrected chi connectivity index (χ0v) is 13.4. The number of hydrogen-bond acceptors (Lipinski definition) is 3. The van der Waals surface area contributed by atoms with Crippen molar-refractivity contribution < 1.29 is 0 Å².